The summed E-state index contributed by atoms with van der Waals surface area (Å²) in [6.07, 6.45) is 1.60. The largest absolute Gasteiger partial charge is 0.347 e. The number of aromatic nitrogens is 1. The van der Waals surface area contributed by atoms with Crippen LogP contribution in [0.2, 0.25) is 0 Å². The van der Waals surface area contributed by atoms with E-state index in [9.17, 15) is 4.79 Å². The first-order valence-corrected chi connectivity index (χ1v) is 6.26. The van der Waals surface area contributed by atoms with Crippen LogP contribution in [-0.2, 0) is 6.54 Å². The summed E-state index contributed by atoms with van der Waals surface area (Å²) in [5.74, 6) is 5.56. The van der Waals surface area contributed by atoms with Crippen LogP contribution in [0.1, 0.15) is 21.6 Å². The standard InChI is InChI=1S/C16H15N3O/c17-10-3-4-13-6-8-14(9-7-13)12-19-16(20)15-5-1-2-11-18-15/h1-2,5-9,11H,10,12,17H2,(H,19,20). The summed E-state index contributed by atoms with van der Waals surface area (Å²) in [4.78, 5) is 15.8. The van der Waals surface area contributed by atoms with E-state index in [1.54, 1.807) is 24.4 Å². The van der Waals surface area contributed by atoms with Crippen molar-refractivity contribution in [3.05, 3.63) is 65.5 Å². The van der Waals surface area contributed by atoms with Crippen LogP contribution in [-0.4, -0.2) is 17.4 Å². The summed E-state index contributed by atoms with van der Waals surface area (Å²) in [5.41, 5.74) is 7.65. The predicted octanol–water partition coefficient (Wildman–Crippen LogP) is 1.32. The summed E-state index contributed by atoms with van der Waals surface area (Å²) in [5, 5.41) is 2.82. The molecule has 2 rings (SSSR count). The van der Waals surface area contributed by atoms with Gasteiger partial charge in [-0.15, -0.1) is 0 Å². The number of amides is 1. The highest BCUT2D eigenvalue weighted by Crippen LogP contribution is 2.03. The van der Waals surface area contributed by atoms with Gasteiger partial charge in [0, 0.05) is 18.3 Å². The Hall–Kier alpha value is -2.64. The molecular weight excluding hydrogens is 250 g/mol. The Kier molecular flexibility index (Phi) is 4.87. The van der Waals surface area contributed by atoms with Gasteiger partial charge >= 0.3 is 0 Å². The normalized spacial score (nSPS) is 9.45. The van der Waals surface area contributed by atoms with Gasteiger partial charge in [-0.2, -0.15) is 0 Å². The van der Waals surface area contributed by atoms with Crippen molar-refractivity contribution in [2.75, 3.05) is 6.54 Å². The summed E-state index contributed by atoms with van der Waals surface area (Å²) in [7, 11) is 0. The number of hydrogen-bond acceptors (Lipinski definition) is 3. The maximum atomic E-state index is 11.8. The zero-order valence-corrected chi connectivity index (χ0v) is 11.0. The molecule has 0 atom stereocenters. The SMILES string of the molecule is NCC#Cc1ccc(CNC(=O)c2ccccn2)cc1. The molecule has 2 aromatic rings. The number of nitrogens with two attached hydrogens (primary N) is 1. The van der Waals surface area contributed by atoms with Gasteiger partial charge in [0.2, 0.25) is 0 Å². The van der Waals surface area contributed by atoms with Crippen molar-refractivity contribution in [2.45, 2.75) is 6.54 Å². The molecule has 1 aromatic heterocycles. The third-order valence-electron chi connectivity index (χ3n) is 2.64. The lowest BCUT2D eigenvalue weighted by Gasteiger charge is -2.04. The minimum Gasteiger partial charge on any atom is -0.347 e. The van der Waals surface area contributed by atoms with Crippen molar-refractivity contribution in [3.63, 3.8) is 0 Å². The second-order valence-corrected chi connectivity index (χ2v) is 4.10. The number of pyridine rings is 1. The molecule has 20 heavy (non-hydrogen) atoms. The minimum absolute atomic E-state index is 0.183. The Balaban J connectivity index is 1.93. The Morgan fingerprint density at radius 3 is 2.65 bits per heavy atom. The molecule has 3 N–H and O–H groups in total. The van der Waals surface area contributed by atoms with E-state index < -0.39 is 0 Å². The second kappa shape index (κ2) is 7.07. The van der Waals surface area contributed by atoms with Gasteiger partial charge in [0.1, 0.15) is 5.69 Å². The zero-order valence-electron chi connectivity index (χ0n) is 11.0. The smallest absolute Gasteiger partial charge is 0.270 e. The molecule has 0 saturated heterocycles. The number of nitrogens with one attached hydrogen (secondary N) is 1. The molecule has 0 spiro atoms. The van der Waals surface area contributed by atoms with Crippen LogP contribution in [0.4, 0.5) is 0 Å². The molecule has 1 heterocycles. The van der Waals surface area contributed by atoms with E-state index in [4.69, 9.17) is 5.73 Å². The molecule has 4 heteroatoms. The maximum Gasteiger partial charge on any atom is 0.270 e. The van der Waals surface area contributed by atoms with Crippen LogP contribution in [0.3, 0.4) is 0 Å². The number of hydrogen-bond donors (Lipinski definition) is 2. The summed E-state index contributed by atoms with van der Waals surface area (Å²) >= 11 is 0. The fourth-order valence-electron chi connectivity index (χ4n) is 1.63. The monoisotopic (exact) mass is 265 g/mol. The molecule has 0 aliphatic rings. The molecule has 0 radical (unpaired) electrons. The van der Waals surface area contributed by atoms with Gasteiger partial charge in [-0.1, -0.05) is 30.0 Å². The van der Waals surface area contributed by atoms with Crippen LogP contribution in [0.15, 0.2) is 48.7 Å². The number of rotatable bonds is 3. The van der Waals surface area contributed by atoms with Crippen molar-refractivity contribution in [2.24, 2.45) is 5.73 Å². The summed E-state index contributed by atoms with van der Waals surface area (Å²) in [6.45, 7) is 0.807. The first kappa shape index (κ1) is 13.8. The van der Waals surface area contributed by atoms with Crippen molar-refractivity contribution >= 4 is 5.91 Å². The molecule has 100 valence electrons. The third-order valence-corrected chi connectivity index (χ3v) is 2.64. The first-order valence-electron chi connectivity index (χ1n) is 6.26. The van der Waals surface area contributed by atoms with Gasteiger partial charge in [0.15, 0.2) is 0 Å². The lowest BCUT2D eigenvalue weighted by Crippen LogP contribution is -2.23. The van der Waals surface area contributed by atoms with Gasteiger partial charge in [0.05, 0.1) is 6.54 Å². The van der Waals surface area contributed by atoms with Crippen molar-refractivity contribution in [3.8, 4) is 11.8 Å². The Bertz CT molecular complexity index is 624. The van der Waals surface area contributed by atoms with E-state index in [0.29, 0.717) is 18.8 Å². The Labute approximate surface area is 118 Å². The second-order valence-electron chi connectivity index (χ2n) is 4.10. The van der Waals surface area contributed by atoms with Gasteiger partial charge in [-0.25, -0.2) is 0 Å². The maximum absolute atomic E-state index is 11.8. The van der Waals surface area contributed by atoms with Gasteiger partial charge in [-0.05, 0) is 29.8 Å². The molecule has 0 aliphatic heterocycles. The van der Waals surface area contributed by atoms with Gasteiger partial charge < -0.3 is 11.1 Å². The molecule has 1 aromatic carbocycles. The van der Waals surface area contributed by atoms with Crippen LogP contribution >= 0.6 is 0 Å². The topological polar surface area (TPSA) is 68.0 Å². The number of benzene rings is 1. The Morgan fingerprint density at radius 2 is 2.00 bits per heavy atom. The molecule has 0 aliphatic carbocycles. The fraction of sp³-hybridized carbons (Fsp3) is 0.125. The molecular formula is C16H15N3O. The highest BCUT2D eigenvalue weighted by Gasteiger charge is 2.05. The van der Waals surface area contributed by atoms with Gasteiger partial charge in [0.25, 0.3) is 5.91 Å². The number of nitrogens with zero attached hydrogens (tertiary/aromatic N) is 1. The van der Waals surface area contributed by atoms with E-state index in [-0.39, 0.29) is 5.91 Å². The molecule has 0 fully saturated rings. The summed E-state index contributed by atoms with van der Waals surface area (Å²) < 4.78 is 0. The number of carbonyl (C=O) groups excluding carboxylic acids is 1. The highest BCUT2D eigenvalue weighted by atomic mass is 16.1. The fourth-order valence-corrected chi connectivity index (χ4v) is 1.63. The van der Waals surface area contributed by atoms with E-state index >= 15 is 0 Å². The average molecular weight is 265 g/mol. The van der Waals surface area contributed by atoms with Crippen LogP contribution in [0.5, 0.6) is 0 Å². The lowest BCUT2D eigenvalue weighted by atomic mass is 10.1. The molecule has 0 unspecified atom stereocenters. The quantitative estimate of drug-likeness (QED) is 0.822. The van der Waals surface area contributed by atoms with Crippen molar-refractivity contribution < 1.29 is 4.79 Å². The van der Waals surface area contributed by atoms with E-state index in [1.807, 2.05) is 24.3 Å². The molecule has 4 nitrogen and oxygen atoms in total. The van der Waals surface area contributed by atoms with Crippen molar-refractivity contribution in [1.29, 1.82) is 0 Å². The van der Waals surface area contributed by atoms with Crippen LogP contribution in [0, 0.1) is 11.8 Å². The minimum atomic E-state index is -0.183. The highest BCUT2D eigenvalue weighted by molar-refractivity contribution is 5.92. The molecule has 0 saturated carbocycles. The van der Waals surface area contributed by atoms with E-state index in [1.165, 1.54) is 0 Å². The van der Waals surface area contributed by atoms with Gasteiger partial charge in [-0.3, -0.25) is 9.78 Å². The van der Waals surface area contributed by atoms with Crippen molar-refractivity contribution in [1.82, 2.24) is 10.3 Å². The average Bonchev–Trinajstić information content (AvgIpc) is 2.52. The third kappa shape index (κ3) is 3.94. The zero-order chi connectivity index (χ0) is 14.2. The van der Waals surface area contributed by atoms with Crippen LogP contribution < -0.4 is 11.1 Å². The molecule has 0 bridgehead atoms. The predicted molar refractivity (Wildman–Crippen MR) is 77.8 cm³/mol. The summed E-state index contributed by atoms with van der Waals surface area (Å²) in [6, 6.07) is 12.9. The lowest BCUT2D eigenvalue weighted by molar-refractivity contribution is 0.0946. The Morgan fingerprint density at radius 1 is 1.20 bits per heavy atom. The molecule has 1 amide bonds. The van der Waals surface area contributed by atoms with E-state index in [0.717, 1.165) is 11.1 Å². The first-order chi connectivity index (χ1) is 9.79. The number of carbonyl (C=O) groups is 1. The van der Waals surface area contributed by atoms with Crippen LogP contribution in [0.25, 0.3) is 0 Å². The van der Waals surface area contributed by atoms with E-state index in [2.05, 4.69) is 22.1 Å².